The van der Waals surface area contributed by atoms with Gasteiger partial charge in [0.15, 0.2) is 0 Å². The number of rotatable bonds is 5. The minimum atomic E-state index is -0.197. The number of para-hydroxylation sites is 1. The fourth-order valence-corrected chi connectivity index (χ4v) is 2.49. The number of benzene rings is 2. The van der Waals surface area contributed by atoms with Crippen molar-refractivity contribution in [2.45, 2.75) is 26.8 Å². The molecule has 4 nitrogen and oxygen atoms in total. The molecule has 0 aliphatic rings. The normalized spacial score (nSPS) is 11.6. The molecule has 23 heavy (non-hydrogen) atoms. The molecule has 0 saturated carbocycles. The fraction of sp³-hybridized carbons (Fsp3) is 0.263. The van der Waals surface area contributed by atoms with Crippen LogP contribution in [0.25, 0.3) is 0 Å². The van der Waals surface area contributed by atoms with Crippen molar-refractivity contribution in [3.8, 4) is 0 Å². The molecule has 0 radical (unpaired) electrons. The third-order valence-electron chi connectivity index (χ3n) is 3.89. The average Bonchev–Trinajstić information content (AvgIpc) is 2.55. The van der Waals surface area contributed by atoms with Gasteiger partial charge in [-0.05, 0) is 31.0 Å². The molecule has 0 saturated heterocycles. The second-order valence-electron chi connectivity index (χ2n) is 5.60. The lowest BCUT2D eigenvalue weighted by molar-refractivity contribution is -0.134. The second kappa shape index (κ2) is 7.58. The van der Waals surface area contributed by atoms with E-state index in [-0.39, 0.29) is 24.4 Å². The predicted octanol–water partition coefficient (Wildman–Crippen LogP) is 3.54. The molecule has 120 valence electrons. The quantitative estimate of drug-likeness (QED) is 0.918. The molecule has 0 spiro atoms. The summed E-state index contributed by atoms with van der Waals surface area (Å²) in [6, 6.07) is 17.1. The highest BCUT2D eigenvalue weighted by Crippen LogP contribution is 2.20. The Morgan fingerprint density at radius 1 is 1.04 bits per heavy atom. The van der Waals surface area contributed by atoms with Crippen LogP contribution in [0.4, 0.5) is 5.69 Å². The minimum absolute atomic E-state index is 0.0275. The van der Waals surface area contributed by atoms with E-state index in [1.165, 1.54) is 6.92 Å². The number of carbonyl (C=O) groups is 2. The van der Waals surface area contributed by atoms with E-state index in [0.717, 1.165) is 16.8 Å². The maximum absolute atomic E-state index is 12.3. The fourth-order valence-electron chi connectivity index (χ4n) is 2.49. The summed E-state index contributed by atoms with van der Waals surface area (Å²) in [6.45, 7) is 5.38. The van der Waals surface area contributed by atoms with Crippen molar-refractivity contribution in [1.82, 2.24) is 4.90 Å². The van der Waals surface area contributed by atoms with Crippen molar-refractivity contribution in [3.05, 3.63) is 65.7 Å². The first-order valence-corrected chi connectivity index (χ1v) is 7.66. The molecule has 4 heteroatoms. The Bertz CT molecular complexity index is 683. The molecule has 0 aromatic heterocycles. The third-order valence-corrected chi connectivity index (χ3v) is 3.89. The monoisotopic (exact) mass is 310 g/mol. The molecule has 2 aromatic carbocycles. The summed E-state index contributed by atoms with van der Waals surface area (Å²) in [4.78, 5) is 25.8. The summed E-state index contributed by atoms with van der Waals surface area (Å²) in [7, 11) is 0. The SMILES string of the molecule is CC(=O)N(CC(=O)Nc1ccccc1C)C(C)c1ccccc1. The van der Waals surface area contributed by atoms with Crippen LogP contribution in [0.5, 0.6) is 0 Å². The van der Waals surface area contributed by atoms with Crippen LogP contribution in [0.1, 0.15) is 31.0 Å². The van der Waals surface area contributed by atoms with Crippen LogP contribution in [0.15, 0.2) is 54.6 Å². The number of nitrogens with zero attached hydrogens (tertiary/aromatic N) is 1. The van der Waals surface area contributed by atoms with E-state index in [1.54, 1.807) is 4.90 Å². The second-order valence-corrected chi connectivity index (χ2v) is 5.60. The van der Waals surface area contributed by atoms with Crippen molar-refractivity contribution >= 4 is 17.5 Å². The number of nitrogens with one attached hydrogen (secondary N) is 1. The molecule has 2 rings (SSSR count). The zero-order valence-corrected chi connectivity index (χ0v) is 13.7. The molecule has 2 aromatic rings. The van der Waals surface area contributed by atoms with Crippen LogP contribution < -0.4 is 5.32 Å². The van der Waals surface area contributed by atoms with Gasteiger partial charge in [0.1, 0.15) is 6.54 Å². The van der Waals surface area contributed by atoms with E-state index in [1.807, 2.05) is 68.4 Å². The average molecular weight is 310 g/mol. The van der Waals surface area contributed by atoms with Gasteiger partial charge < -0.3 is 10.2 Å². The molecule has 1 N–H and O–H groups in total. The Kier molecular flexibility index (Phi) is 5.52. The van der Waals surface area contributed by atoms with Gasteiger partial charge >= 0.3 is 0 Å². The van der Waals surface area contributed by atoms with E-state index in [2.05, 4.69) is 5.32 Å². The summed E-state index contributed by atoms with van der Waals surface area (Å²) >= 11 is 0. The molecular formula is C19H22N2O2. The lowest BCUT2D eigenvalue weighted by Crippen LogP contribution is -2.38. The molecule has 0 aliphatic carbocycles. The van der Waals surface area contributed by atoms with Gasteiger partial charge in [-0.3, -0.25) is 9.59 Å². The summed E-state index contributed by atoms with van der Waals surface area (Å²) in [5.41, 5.74) is 2.77. The van der Waals surface area contributed by atoms with Gasteiger partial charge in [-0.2, -0.15) is 0 Å². The molecule has 0 bridgehead atoms. The van der Waals surface area contributed by atoms with Gasteiger partial charge in [0.25, 0.3) is 0 Å². The number of hydrogen-bond donors (Lipinski definition) is 1. The van der Waals surface area contributed by atoms with Crippen LogP contribution >= 0.6 is 0 Å². The summed E-state index contributed by atoms with van der Waals surface area (Å²) < 4.78 is 0. The smallest absolute Gasteiger partial charge is 0.244 e. The highest BCUT2D eigenvalue weighted by molar-refractivity contribution is 5.94. The van der Waals surface area contributed by atoms with Crippen LogP contribution in [0.2, 0.25) is 0 Å². The highest BCUT2D eigenvalue weighted by Gasteiger charge is 2.21. The van der Waals surface area contributed by atoms with E-state index < -0.39 is 0 Å². The van der Waals surface area contributed by atoms with Gasteiger partial charge in [-0.1, -0.05) is 48.5 Å². The largest absolute Gasteiger partial charge is 0.327 e. The Morgan fingerprint density at radius 3 is 2.26 bits per heavy atom. The van der Waals surface area contributed by atoms with Crippen molar-refractivity contribution < 1.29 is 9.59 Å². The van der Waals surface area contributed by atoms with Crippen molar-refractivity contribution in [2.24, 2.45) is 0 Å². The molecule has 0 aliphatic heterocycles. The summed E-state index contributed by atoms with van der Waals surface area (Å²) in [6.07, 6.45) is 0. The van der Waals surface area contributed by atoms with Crippen LogP contribution in [0, 0.1) is 6.92 Å². The first-order valence-electron chi connectivity index (χ1n) is 7.66. The van der Waals surface area contributed by atoms with Crippen molar-refractivity contribution in [2.75, 3.05) is 11.9 Å². The number of amides is 2. The van der Waals surface area contributed by atoms with Gasteiger partial charge in [-0.15, -0.1) is 0 Å². The number of aryl methyl sites for hydroxylation is 1. The molecule has 1 atom stereocenters. The molecule has 0 heterocycles. The maximum atomic E-state index is 12.3. The third kappa shape index (κ3) is 4.42. The van der Waals surface area contributed by atoms with Gasteiger partial charge in [0.2, 0.25) is 11.8 Å². The Hall–Kier alpha value is -2.62. The Labute approximate surface area is 137 Å². The van der Waals surface area contributed by atoms with Gasteiger partial charge in [0.05, 0.1) is 6.04 Å². The van der Waals surface area contributed by atoms with Gasteiger partial charge in [-0.25, -0.2) is 0 Å². The first kappa shape index (κ1) is 16.7. The lowest BCUT2D eigenvalue weighted by Gasteiger charge is -2.28. The molecular weight excluding hydrogens is 288 g/mol. The zero-order chi connectivity index (χ0) is 16.8. The lowest BCUT2D eigenvalue weighted by atomic mass is 10.1. The highest BCUT2D eigenvalue weighted by atomic mass is 16.2. The summed E-state index contributed by atoms with van der Waals surface area (Å²) in [5.74, 6) is -0.321. The van der Waals surface area contributed by atoms with E-state index in [0.29, 0.717) is 0 Å². The maximum Gasteiger partial charge on any atom is 0.244 e. The number of hydrogen-bond acceptors (Lipinski definition) is 2. The van der Waals surface area contributed by atoms with E-state index >= 15 is 0 Å². The Balaban J connectivity index is 2.09. The summed E-state index contributed by atoms with van der Waals surface area (Å²) in [5, 5.41) is 2.87. The molecule has 2 amide bonds. The topological polar surface area (TPSA) is 49.4 Å². The van der Waals surface area contributed by atoms with E-state index in [4.69, 9.17) is 0 Å². The molecule has 1 unspecified atom stereocenters. The minimum Gasteiger partial charge on any atom is -0.327 e. The first-order chi connectivity index (χ1) is 11.0. The van der Waals surface area contributed by atoms with Gasteiger partial charge in [0, 0.05) is 12.6 Å². The van der Waals surface area contributed by atoms with Crippen LogP contribution in [-0.2, 0) is 9.59 Å². The van der Waals surface area contributed by atoms with Crippen molar-refractivity contribution in [3.63, 3.8) is 0 Å². The van der Waals surface area contributed by atoms with E-state index in [9.17, 15) is 9.59 Å². The Morgan fingerprint density at radius 2 is 1.65 bits per heavy atom. The van der Waals surface area contributed by atoms with Crippen molar-refractivity contribution in [1.29, 1.82) is 0 Å². The molecule has 0 fully saturated rings. The van der Waals surface area contributed by atoms with Crippen LogP contribution in [-0.4, -0.2) is 23.3 Å². The standard InChI is InChI=1S/C19H22N2O2/c1-14-9-7-8-12-18(14)20-19(23)13-21(16(3)22)15(2)17-10-5-4-6-11-17/h4-12,15H,13H2,1-3H3,(H,20,23). The predicted molar refractivity (Wildman–Crippen MR) is 92.1 cm³/mol. The number of anilines is 1. The van der Waals surface area contributed by atoms with Crippen LogP contribution in [0.3, 0.4) is 0 Å². The zero-order valence-electron chi connectivity index (χ0n) is 13.7. The number of carbonyl (C=O) groups excluding carboxylic acids is 2.